The van der Waals surface area contributed by atoms with Crippen molar-refractivity contribution in [2.75, 3.05) is 18.1 Å². The first-order chi connectivity index (χ1) is 15.9. The van der Waals surface area contributed by atoms with E-state index in [1.807, 2.05) is 6.07 Å². The summed E-state index contributed by atoms with van der Waals surface area (Å²) in [5.41, 5.74) is 14.0. The number of carbonyl (C=O) groups is 3. The van der Waals surface area contributed by atoms with Gasteiger partial charge in [-0.15, -0.1) is 0 Å². The van der Waals surface area contributed by atoms with E-state index in [0.29, 0.717) is 17.1 Å². The Balaban J connectivity index is 1.66. The number of rotatable bonds is 7. The number of hydrogen-bond acceptors (Lipinski definition) is 7. The van der Waals surface area contributed by atoms with Crippen LogP contribution in [-0.2, 0) is 4.74 Å². The first-order valence-electron chi connectivity index (χ1n) is 10.8. The molecule has 4 rings (SSSR count). The summed E-state index contributed by atoms with van der Waals surface area (Å²) in [6.45, 7) is 2.47. The van der Waals surface area contributed by atoms with Crippen LogP contribution >= 0.6 is 11.8 Å². The van der Waals surface area contributed by atoms with Crippen LogP contribution < -0.4 is 11.5 Å². The van der Waals surface area contributed by atoms with Gasteiger partial charge in [0.15, 0.2) is 11.6 Å². The fourth-order valence-corrected chi connectivity index (χ4v) is 4.86. The summed E-state index contributed by atoms with van der Waals surface area (Å²) in [6.07, 6.45) is 2.88. The summed E-state index contributed by atoms with van der Waals surface area (Å²) >= 11 is 1.28. The van der Waals surface area contributed by atoms with E-state index >= 15 is 0 Å². The SMILES string of the molecule is CCCCCOC(=O)c1cccc(Sc2ccc(N)c3c2C(=O)c2c(N)cccc2C3=O)c1. The number of hydrogen-bond donors (Lipinski definition) is 2. The molecule has 6 nitrogen and oxygen atoms in total. The summed E-state index contributed by atoms with van der Waals surface area (Å²) in [7, 11) is 0. The minimum atomic E-state index is -0.388. The van der Waals surface area contributed by atoms with E-state index in [2.05, 4.69) is 6.92 Å². The third kappa shape index (κ3) is 4.36. The molecule has 0 atom stereocenters. The maximum absolute atomic E-state index is 13.4. The highest BCUT2D eigenvalue weighted by Gasteiger charge is 2.34. The fourth-order valence-electron chi connectivity index (χ4n) is 3.84. The van der Waals surface area contributed by atoms with Crippen LogP contribution in [0.2, 0.25) is 0 Å². The molecule has 3 aromatic carbocycles. The number of unbranched alkanes of at least 4 members (excludes halogenated alkanes) is 2. The first kappa shape index (κ1) is 22.6. The van der Waals surface area contributed by atoms with Crippen molar-refractivity contribution in [2.24, 2.45) is 0 Å². The van der Waals surface area contributed by atoms with Gasteiger partial charge in [-0.25, -0.2) is 4.79 Å². The summed E-state index contributed by atoms with van der Waals surface area (Å²) in [5, 5.41) is 0. The number of ether oxygens (including phenoxy) is 1. The third-order valence-corrected chi connectivity index (χ3v) is 6.55. The summed E-state index contributed by atoms with van der Waals surface area (Å²) < 4.78 is 5.35. The molecule has 1 aliphatic rings. The molecule has 7 heteroatoms. The summed E-state index contributed by atoms with van der Waals surface area (Å²) in [4.78, 5) is 40.3. The molecule has 0 unspecified atom stereocenters. The molecule has 4 N–H and O–H groups in total. The quantitative estimate of drug-likeness (QED) is 0.223. The average molecular weight is 461 g/mol. The van der Waals surface area contributed by atoms with Crippen molar-refractivity contribution >= 4 is 40.7 Å². The second-order valence-corrected chi connectivity index (χ2v) is 8.92. The number of nitrogen functional groups attached to an aromatic ring is 2. The van der Waals surface area contributed by atoms with Crippen molar-refractivity contribution in [3.8, 4) is 0 Å². The first-order valence-corrected chi connectivity index (χ1v) is 11.6. The standard InChI is InChI=1S/C26H24N2O4S/c1-2-3-4-13-32-26(31)15-7-5-8-16(14-15)33-20-12-11-19(28)22-23(20)25(30)21-17(24(22)29)9-6-10-18(21)27/h5-12,14H,2-4,13,27-28H2,1H3. The van der Waals surface area contributed by atoms with Gasteiger partial charge in [0, 0.05) is 32.3 Å². The number of esters is 1. The summed E-state index contributed by atoms with van der Waals surface area (Å²) in [6, 6.07) is 15.2. The van der Waals surface area contributed by atoms with Crippen LogP contribution in [0.25, 0.3) is 0 Å². The maximum atomic E-state index is 13.4. The van der Waals surface area contributed by atoms with Gasteiger partial charge in [-0.3, -0.25) is 9.59 Å². The predicted molar refractivity (Wildman–Crippen MR) is 129 cm³/mol. The zero-order valence-corrected chi connectivity index (χ0v) is 19.0. The van der Waals surface area contributed by atoms with E-state index < -0.39 is 0 Å². The van der Waals surface area contributed by atoms with Crippen molar-refractivity contribution in [1.29, 1.82) is 0 Å². The van der Waals surface area contributed by atoms with Gasteiger partial charge in [0.2, 0.25) is 0 Å². The van der Waals surface area contributed by atoms with Gasteiger partial charge in [0.1, 0.15) is 0 Å². The molecule has 33 heavy (non-hydrogen) atoms. The molecule has 0 saturated heterocycles. The Bertz CT molecular complexity index is 1270. The van der Waals surface area contributed by atoms with Crippen molar-refractivity contribution < 1.29 is 19.1 Å². The molecule has 0 heterocycles. The highest BCUT2D eigenvalue weighted by atomic mass is 32.2. The van der Waals surface area contributed by atoms with E-state index in [4.69, 9.17) is 16.2 Å². The third-order valence-electron chi connectivity index (χ3n) is 5.50. The minimum Gasteiger partial charge on any atom is -0.462 e. The molecule has 0 radical (unpaired) electrons. The number of fused-ring (bicyclic) bond motifs is 2. The fraction of sp³-hybridized carbons (Fsp3) is 0.192. The van der Waals surface area contributed by atoms with Crippen molar-refractivity contribution in [3.63, 3.8) is 0 Å². The molecular formula is C26H24N2O4S. The number of carbonyl (C=O) groups excluding carboxylic acids is 3. The molecule has 0 amide bonds. The van der Waals surface area contributed by atoms with Gasteiger partial charge in [-0.2, -0.15) is 0 Å². The maximum Gasteiger partial charge on any atom is 0.338 e. The Kier molecular flexibility index (Phi) is 6.51. The largest absolute Gasteiger partial charge is 0.462 e. The van der Waals surface area contributed by atoms with Gasteiger partial charge in [0.25, 0.3) is 0 Å². The molecule has 3 aromatic rings. The Labute approximate surface area is 196 Å². The van der Waals surface area contributed by atoms with E-state index in [-0.39, 0.29) is 51.2 Å². The predicted octanol–water partition coefficient (Wildman–Crippen LogP) is 5.12. The lowest BCUT2D eigenvalue weighted by Gasteiger charge is -2.22. The van der Waals surface area contributed by atoms with Crippen molar-refractivity contribution in [1.82, 2.24) is 0 Å². The number of benzene rings is 3. The van der Waals surface area contributed by atoms with Crippen LogP contribution in [0, 0.1) is 0 Å². The van der Waals surface area contributed by atoms with E-state index in [1.165, 1.54) is 11.8 Å². The Morgan fingerprint density at radius 1 is 0.879 bits per heavy atom. The second kappa shape index (κ2) is 9.50. The molecule has 168 valence electrons. The van der Waals surface area contributed by atoms with Crippen molar-refractivity contribution in [2.45, 2.75) is 36.0 Å². The smallest absolute Gasteiger partial charge is 0.338 e. The molecule has 0 bridgehead atoms. The second-order valence-electron chi connectivity index (χ2n) is 7.80. The van der Waals surface area contributed by atoms with Gasteiger partial charge >= 0.3 is 5.97 Å². The molecule has 0 fully saturated rings. The number of ketones is 2. The zero-order valence-electron chi connectivity index (χ0n) is 18.2. The lowest BCUT2D eigenvalue weighted by molar-refractivity contribution is 0.0497. The zero-order chi connectivity index (χ0) is 23.5. The topological polar surface area (TPSA) is 112 Å². The molecule has 1 aliphatic carbocycles. The summed E-state index contributed by atoms with van der Waals surface area (Å²) in [5.74, 6) is -1.05. The van der Waals surface area contributed by atoms with Crippen molar-refractivity contribution in [3.05, 3.63) is 82.4 Å². The van der Waals surface area contributed by atoms with Gasteiger partial charge < -0.3 is 16.2 Å². The monoisotopic (exact) mass is 460 g/mol. The van der Waals surface area contributed by atoms with Crippen LogP contribution in [0.1, 0.15) is 68.4 Å². The lowest BCUT2D eigenvalue weighted by atomic mass is 9.82. The molecular weight excluding hydrogens is 436 g/mol. The average Bonchev–Trinajstić information content (AvgIpc) is 2.81. The van der Waals surface area contributed by atoms with Gasteiger partial charge in [0.05, 0.1) is 23.3 Å². The number of anilines is 2. The lowest BCUT2D eigenvalue weighted by Crippen LogP contribution is -2.24. The van der Waals surface area contributed by atoms with E-state index in [9.17, 15) is 14.4 Å². The Hall–Kier alpha value is -3.58. The molecule has 0 aliphatic heterocycles. The highest BCUT2D eigenvalue weighted by Crippen LogP contribution is 2.40. The Morgan fingerprint density at radius 3 is 2.42 bits per heavy atom. The van der Waals surface area contributed by atoms with E-state index in [1.54, 1.807) is 48.5 Å². The van der Waals surface area contributed by atoms with E-state index in [0.717, 1.165) is 24.2 Å². The highest BCUT2D eigenvalue weighted by molar-refractivity contribution is 7.99. The minimum absolute atomic E-state index is 0.189. The number of nitrogens with two attached hydrogens (primary N) is 2. The van der Waals surface area contributed by atoms with Crippen LogP contribution in [0.4, 0.5) is 11.4 Å². The van der Waals surface area contributed by atoms with Gasteiger partial charge in [-0.05, 0) is 42.8 Å². The van der Waals surface area contributed by atoms with Crippen LogP contribution in [-0.4, -0.2) is 24.1 Å². The Morgan fingerprint density at radius 2 is 1.64 bits per heavy atom. The molecule has 0 aromatic heterocycles. The van der Waals surface area contributed by atoms with Crippen LogP contribution in [0.3, 0.4) is 0 Å². The molecule has 0 spiro atoms. The van der Waals surface area contributed by atoms with Gasteiger partial charge in [-0.1, -0.05) is 49.7 Å². The van der Waals surface area contributed by atoms with Crippen LogP contribution in [0.5, 0.6) is 0 Å². The normalized spacial score (nSPS) is 12.3. The van der Waals surface area contributed by atoms with Crippen LogP contribution in [0.15, 0.2) is 64.4 Å². The molecule has 0 saturated carbocycles.